The topological polar surface area (TPSA) is 32.3 Å². The van der Waals surface area contributed by atoms with Gasteiger partial charge in [-0.3, -0.25) is 4.79 Å². The molecule has 1 amide bonds. The van der Waals surface area contributed by atoms with Crippen molar-refractivity contribution < 1.29 is 9.18 Å². The molecule has 0 spiro atoms. The van der Waals surface area contributed by atoms with Gasteiger partial charge < -0.3 is 10.2 Å². The molecule has 1 aliphatic heterocycles. The summed E-state index contributed by atoms with van der Waals surface area (Å²) in [5, 5.41) is 3.40. The van der Waals surface area contributed by atoms with Crippen LogP contribution in [0.4, 0.5) is 4.39 Å². The lowest BCUT2D eigenvalue weighted by Crippen LogP contribution is -2.45. The van der Waals surface area contributed by atoms with Gasteiger partial charge in [-0.25, -0.2) is 4.39 Å². The van der Waals surface area contributed by atoms with E-state index in [1.807, 2.05) is 14.0 Å². The van der Waals surface area contributed by atoms with Crippen LogP contribution in [0.5, 0.6) is 0 Å². The van der Waals surface area contributed by atoms with Crippen LogP contribution in [-0.4, -0.2) is 30.4 Å². The van der Waals surface area contributed by atoms with Crippen molar-refractivity contribution in [1.82, 2.24) is 10.2 Å². The molecule has 1 heterocycles. The van der Waals surface area contributed by atoms with Gasteiger partial charge >= 0.3 is 0 Å². The first-order valence-electron chi connectivity index (χ1n) is 7.83. The smallest absolute Gasteiger partial charge is 0.240 e. The zero-order valence-corrected chi connectivity index (χ0v) is 12.7. The Morgan fingerprint density at radius 1 is 1.33 bits per heavy atom. The lowest BCUT2D eigenvalue weighted by Gasteiger charge is -2.30. The van der Waals surface area contributed by atoms with E-state index in [1.54, 1.807) is 17.0 Å². The minimum Gasteiger partial charge on any atom is -0.338 e. The zero-order valence-electron chi connectivity index (χ0n) is 12.7. The molecule has 1 aliphatic carbocycles. The Balaban J connectivity index is 1.70. The number of fused-ring (bicyclic) bond motifs is 1. The Bertz CT molecular complexity index is 516. The lowest BCUT2D eigenvalue weighted by atomic mass is 9.93. The predicted octanol–water partition coefficient (Wildman–Crippen LogP) is 2.73. The Labute approximate surface area is 125 Å². The van der Waals surface area contributed by atoms with Gasteiger partial charge in [-0.1, -0.05) is 18.6 Å². The molecule has 21 heavy (non-hydrogen) atoms. The fourth-order valence-corrected chi connectivity index (χ4v) is 3.83. The van der Waals surface area contributed by atoms with Gasteiger partial charge in [0.2, 0.25) is 5.91 Å². The highest BCUT2D eigenvalue weighted by atomic mass is 19.1. The monoisotopic (exact) mass is 290 g/mol. The third-order valence-corrected chi connectivity index (χ3v) is 5.29. The molecular weight excluding hydrogens is 267 g/mol. The third-order valence-electron chi connectivity index (χ3n) is 5.29. The predicted molar refractivity (Wildman–Crippen MR) is 80.2 cm³/mol. The molecule has 1 aromatic carbocycles. The van der Waals surface area contributed by atoms with Crippen molar-refractivity contribution in [3.8, 4) is 0 Å². The number of amides is 1. The summed E-state index contributed by atoms with van der Waals surface area (Å²) in [4.78, 5) is 14.6. The van der Waals surface area contributed by atoms with Crippen molar-refractivity contribution in [3.05, 3.63) is 35.6 Å². The molecule has 1 aromatic rings. The fraction of sp³-hybridized carbons (Fsp3) is 0.588. The number of halogens is 1. The number of likely N-dealkylation sites (N-methyl/N-ethyl adjacent to an activating group) is 1. The number of nitrogens with zero attached hydrogens (tertiary/aromatic N) is 1. The molecule has 3 nitrogen and oxygen atoms in total. The molecule has 1 saturated carbocycles. The molecule has 4 unspecified atom stereocenters. The number of hydrogen-bond acceptors (Lipinski definition) is 2. The highest BCUT2D eigenvalue weighted by molar-refractivity contribution is 5.83. The quantitative estimate of drug-likeness (QED) is 0.928. The van der Waals surface area contributed by atoms with E-state index in [4.69, 9.17) is 0 Å². The summed E-state index contributed by atoms with van der Waals surface area (Å²) in [5.74, 6) is 1.10. The van der Waals surface area contributed by atoms with Crippen LogP contribution in [0, 0.1) is 17.7 Å². The van der Waals surface area contributed by atoms with E-state index in [9.17, 15) is 9.18 Å². The van der Waals surface area contributed by atoms with Crippen molar-refractivity contribution in [2.24, 2.45) is 11.8 Å². The standard InChI is InChI=1S/C17H23FN2O/c1-11(12-6-8-14(18)9-7-12)20(2)17(21)16-15-5-3-4-13(15)10-19-16/h6-9,11,13,15-16,19H,3-5,10H2,1-2H3. The summed E-state index contributed by atoms with van der Waals surface area (Å²) in [6.07, 6.45) is 3.66. The Morgan fingerprint density at radius 3 is 2.76 bits per heavy atom. The maximum absolute atomic E-state index is 13.0. The van der Waals surface area contributed by atoms with E-state index in [2.05, 4.69) is 5.32 Å². The fourth-order valence-electron chi connectivity index (χ4n) is 3.83. The second-order valence-corrected chi connectivity index (χ2v) is 6.42. The molecular formula is C17H23FN2O. The van der Waals surface area contributed by atoms with E-state index < -0.39 is 0 Å². The second-order valence-electron chi connectivity index (χ2n) is 6.42. The minimum absolute atomic E-state index is 0.0367. The molecule has 0 bridgehead atoms. The minimum atomic E-state index is -0.244. The molecule has 4 atom stereocenters. The van der Waals surface area contributed by atoms with Gasteiger partial charge in [-0.05, 0) is 55.8 Å². The molecule has 4 heteroatoms. The van der Waals surface area contributed by atoms with Gasteiger partial charge in [0, 0.05) is 7.05 Å². The van der Waals surface area contributed by atoms with Crippen molar-refractivity contribution in [3.63, 3.8) is 0 Å². The van der Waals surface area contributed by atoms with Crippen molar-refractivity contribution >= 4 is 5.91 Å². The summed E-state index contributed by atoms with van der Waals surface area (Å²) >= 11 is 0. The van der Waals surface area contributed by atoms with Crippen LogP contribution in [0.1, 0.15) is 37.8 Å². The van der Waals surface area contributed by atoms with Gasteiger partial charge in [0.1, 0.15) is 5.82 Å². The van der Waals surface area contributed by atoms with Crippen LogP contribution in [0.25, 0.3) is 0 Å². The Hall–Kier alpha value is -1.42. The van der Waals surface area contributed by atoms with Crippen LogP contribution in [0.2, 0.25) is 0 Å². The molecule has 1 saturated heterocycles. The number of rotatable bonds is 3. The van der Waals surface area contributed by atoms with Crippen molar-refractivity contribution in [1.29, 1.82) is 0 Å². The maximum Gasteiger partial charge on any atom is 0.240 e. The molecule has 3 rings (SSSR count). The number of benzene rings is 1. The first-order chi connectivity index (χ1) is 10.1. The summed E-state index contributed by atoms with van der Waals surface area (Å²) in [6, 6.07) is 6.33. The number of hydrogen-bond donors (Lipinski definition) is 1. The zero-order chi connectivity index (χ0) is 15.0. The molecule has 0 aromatic heterocycles. The van der Waals surface area contributed by atoms with Crippen LogP contribution in [0.15, 0.2) is 24.3 Å². The first-order valence-corrected chi connectivity index (χ1v) is 7.83. The van der Waals surface area contributed by atoms with Crippen LogP contribution in [-0.2, 0) is 4.79 Å². The van der Waals surface area contributed by atoms with Gasteiger partial charge in [0.25, 0.3) is 0 Å². The van der Waals surface area contributed by atoms with E-state index in [0.29, 0.717) is 11.8 Å². The molecule has 1 N–H and O–H groups in total. The lowest BCUT2D eigenvalue weighted by molar-refractivity contribution is -0.134. The summed E-state index contributed by atoms with van der Waals surface area (Å²) in [6.45, 7) is 2.96. The SMILES string of the molecule is CC(c1ccc(F)cc1)N(C)C(=O)C1NCC2CCCC21. The van der Waals surface area contributed by atoms with Crippen molar-refractivity contribution in [2.75, 3.05) is 13.6 Å². The second kappa shape index (κ2) is 5.76. The van der Waals surface area contributed by atoms with Crippen LogP contribution >= 0.6 is 0 Å². The van der Waals surface area contributed by atoms with Gasteiger partial charge in [-0.15, -0.1) is 0 Å². The molecule has 114 valence electrons. The molecule has 0 radical (unpaired) electrons. The van der Waals surface area contributed by atoms with E-state index in [1.165, 1.54) is 25.0 Å². The van der Waals surface area contributed by atoms with Crippen molar-refractivity contribution in [2.45, 2.75) is 38.3 Å². The highest BCUT2D eigenvalue weighted by Crippen LogP contribution is 2.38. The number of carbonyl (C=O) groups excluding carboxylic acids is 1. The summed E-state index contributed by atoms with van der Waals surface area (Å²) < 4.78 is 13.0. The van der Waals surface area contributed by atoms with Gasteiger partial charge in [0.05, 0.1) is 12.1 Å². The average Bonchev–Trinajstić information content (AvgIpc) is 3.08. The molecule has 2 fully saturated rings. The van der Waals surface area contributed by atoms with Crippen LogP contribution in [0.3, 0.4) is 0 Å². The summed E-state index contributed by atoms with van der Waals surface area (Å²) in [5.41, 5.74) is 0.966. The van der Waals surface area contributed by atoms with Gasteiger partial charge in [-0.2, -0.15) is 0 Å². The number of carbonyl (C=O) groups is 1. The van der Waals surface area contributed by atoms with Crippen LogP contribution < -0.4 is 5.32 Å². The maximum atomic E-state index is 13.0. The Morgan fingerprint density at radius 2 is 2.05 bits per heavy atom. The highest BCUT2D eigenvalue weighted by Gasteiger charge is 2.43. The first kappa shape index (κ1) is 14.5. The number of nitrogens with one attached hydrogen (secondary N) is 1. The summed E-state index contributed by atoms with van der Waals surface area (Å²) in [7, 11) is 1.85. The van der Waals surface area contributed by atoms with Gasteiger partial charge in [0.15, 0.2) is 0 Å². The van der Waals surface area contributed by atoms with E-state index in [0.717, 1.165) is 18.5 Å². The third kappa shape index (κ3) is 2.69. The molecule has 2 aliphatic rings. The van der Waals surface area contributed by atoms with E-state index in [-0.39, 0.29) is 23.8 Å². The Kier molecular flexibility index (Phi) is 3.98. The largest absolute Gasteiger partial charge is 0.338 e. The average molecular weight is 290 g/mol. The normalized spacial score (nSPS) is 29.2. The van der Waals surface area contributed by atoms with E-state index >= 15 is 0 Å².